The lowest BCUT2D eigenvalue weighted by Gasteiger charge is -2.19. The second kappa shape index (κ2) is 6.88. The molecule has 2 N–H and O–H groups in total. The van der Waals surface area contributed by atoms with Crippen molar-refractivity contribution in [3.8, 4) is 6.07 Å². The second-order valence-corrected chi connectivity index (χ2v) is 7.22. The first-order valence-corrected chi connectivity index (χ1v) is 8.34. The van der Waals surface area contributed by atoms with Gasteiger partial charge in [-0.05, 0) is 56.7 Å². The van der Waals surface area contributed by atoms with E-state index in [2.05, 4.69) is 6.07 Å². The van der Waals surface area contributed by atoms with Crippen LogP contribution in [0.5, 0.6) is 0 Å². The van der Waals surface area contributed by atoms with Crippen molar-refractivity contribution in [2.24, 2.45) is 0 Å². The fourth-order valence-corrected chi connectivity index (χ4v) is 3.11. The van der Waals surface area contributed by atoms with Crippen molar-refractivity contribution in [2.45, 2.75) is 45.8 Å². The maximum absolute atomic E-state index is 12.2. The van der Waals surface area contributed by atoms with Crippen LogP contribution in [0.4, 0.5) is 5.69 Å². The van der Waals surface area contributed by atoms with E-state index in [0.29, 0.717) is 22.8 Å². The summed E-state index contributed by atoms with van der Waals surface area (Å²) in [4.78, 5) is 12.9. The molecule has 122 valence electrons. The summed E-state index contributed by atoms with van der Waals surface area (Å²) in [5, 5.41) is 11.0. The number of carbonyl (C=O) groups is 1. The Morgan fingerprint density at radius 3 is 2.83 bits per heavy atom. The Labute approximate surface area is 140 Å². The third-order valence-electron chi connectivity index (χ3n) is 3.28. The van der Waals surface area contributed by atoms with Crippen molar-refractivity contribution < 1.29 is 9.53 Å². The molecule has 6 heteroatoms. The highest BCUT2D eigenvalue weighted by Crippen LogP contribution is 2.23. The van der Waals surface area contributed by atoms with Gasteiger partial charge in [0.1, 0.15) is 22.2 Å². The van der Waals surface area contributed by atoms with Gasteiger partial charge in [-0.1, -0.05) is 0 Å². The first-order valence-electron chi connectivity index (χ1n) is 7.46. The first-order chi connectivity index (χ1) is 10.8. The van der Waals surface area contributed by atoms with E-state index in [1.165, 1.54) is 11.3 Å². The number of nitrogen functional groups attached to an aromatic ring is 1. The molecule has 2 heterocycles. The largest absolute Gasteiger partial charge is 0.456 e. The highest BCUT2D eigenvalue weighted by atomic mass is 32.1. The Bertz CT molecular complexity index is 732. The van der Waals surface area contributed by atoms with Crippen LogP contribution < -0.4 is 5.73 Å². The molecule has 5 nitrogen and oxygen atoms in total. The minimum atomic E-state index is -0.497. The zero-order valence-electron chi connectivity index (χ0n) is 13.6. The monoisotopic (exact) mass is 331 g/mol. The maximum atomic E-state index is 12.2. The molecule has 0 atom stereocenters. The van der Waals surface area contributed by atoms with Gasteiger partial charge in [0.2, 0.25) is 0 Å². The predicted octanol–water partition coefficient (Wildman–Crippen LogP) is 3.59. The highest BCUT2D eigenvalue weighted by molar-refractivity contribution is 7.12. The lowest BCUT2D eigenvalue weighted by Crippen LogP contribution is -2.23. The number of hydrogen-bond acceptors (Lipinski definition) is 5. The molecule has 0 saturated heterocycles. The van der Waals surface area contributed by atoms with Crippen LogP contribution in [0.1, 0.15) is 48.1 Å². The molecule has 0 radical (unpaired) electrons. The van der Waals surface area contributed by atoms with Gasteiger partial charge in [-0.25, -0.2) is 4.79 Å². The Morgan fingerprint density at radius 1 is 1.43 bits per heavy atom. The molecular formula is C17H21N3O2S. The predicted molar refractivity (Wildman–Crippen MR) is 91.4 cm³/mol. The van der Waals surface area contributed by atoms with Crippen molar-refractivity contribution in [1.82, 2.24) is 4.57 Å². The fourth-order valence-electron chi connectivity index (χ4n) is 2.28. The van der Waals surface area contributed by atoms with Gasteiger partial charge in [-0.3, -0.25) is 0 Å². The van der Waals surface area contributed by atoms with Crippen molar-refractivity contribution >= 4 is 23.0 Å². The standard InChI is InChI=1S/C17H21N3O2S/c1-17(2,3)22-16(21)15-12(7-10-23-15)5-4-8-20-9-6-13(19)14(20)11-18/h6-7,9-10H,4-5,8,19H2,1-3H3. The van der Waals surface area contributed by atoms with Gasteiger partial charge in [-0.15, -0.1) is 11.3 Å². The third-order valence-corrected chi connectivity index (χ3v) is 4.21. The molecule has 0 unspecified atom stereocenters. The van der Waals surface area contributed by atoms with Crippen LogP contribution in [0.2, 0.25) is 0 Å². The number of hydrogen-bond donors (Lipinski definition) is 1. The summed E-state index contributed by atoms with van der Waals surface area (Å²) in [5.41, 5.74) is 7.22. The lowest BCUT2D eigenvalue weighted by atomic mass is 10.1. The molecule has 2 aromatic rings. The summed E-state index contributed by atoms with van der Waals surface area (Å²) in [6, 6.07) is 5.80. The van der Waals surface area contributed by atoms with Crippen LogP contribution >= 0.6 is 11.3 Å². The van der Waals surface area contributed by atoms with Crippen molar-refractivity contribution in [3.05, 3.63) is 39.8 Å². The molecule has 0 saturated carbocycles. The third kappa shape index (κ3) is 4.36. The van der Waals surface area contributed by atoms with Gasteiger partial charge in [0, 0.05) is 12.7 Å². The molecule has 23 heavy (non-hydrogen) atoms. The number of thiophene rings is 1. The van der Waals surface area contributed by atoms with Gasteiger partial charge in [0.15, 0.2) is 0 Å². The number of aryl methyl sites for hydroxylation is 2. The molecule has 0 spiro atoms. The van der Waals surface area contributed by atoms with Gasteiger partial charge in [0.25, 0.3) is 0 Å². The van der Waals surface area contributed by atoms with E-state index in [-0.39, 0.29) is 5.97 Å². The van der Waals surface area contributed by atoms with Crippen molar-refractivity contribution in [1.29, 1.82) is 5.26 Å². The molecule has 0 amide bonds. The molecule has 0 bridgehead atoms. The SMILES string of the molecule is CC(C)(C)OC(=O)c1sccc1CCCn1ccc(N)c1C#N. The molecule has 0 aliphatic heterocycles. The molecule has 2 aromatic heterocycles. The van der Waals surface area contributed by atoms with E-state index in [0.717, 1.165) is 18.4 Å². The zero-order valence-corrected chi connectivity index (χ0v) is 14.4. The quantitative estimate of drug-likeness (QED) is 0.849. The first kappa shape index (κ1) is 17.1. The average molecular weight is 331 g/mol. The van der Waals surface area contributed by atoms with Crippen molar-refractivity contribution in [3.63, 3.8) is 0 Å². The summed E-state index contributed by atoms with van der Waals surface area (Å²) in [6.07, 6.45) is 3.38. The smallest absolute Gasteiger partial charge is 0.349 e. The minimum Gasteiger partial charge on any atom is -0.456 e. The Morgan fingerprint density at radius 2 is 2.17 bits per heavy atom. The summed E-state index contributed by atoms with van der Waals surface area (Å²) >= 11 is 1.40. The van der Waals surface area contributed by atoms with Crippen LogP contribution in [-0.4, -0.2) is 16.1 Å². The van der Waals surface area contributed by atoms with Gasteiger partial charge in [-0.2, -0.15) is 5.26 Å². The molecule has 0 aliphatic rings. The molecule has 0 aromatic carbocycles. The number of aromatic nitrogens is 1. The van der Waals surface area contributed by atoms with Crippen LogP contribution in [-0.2, 0) is 17.7 Å². The average Bonchev–Trinajstić information content (AvgIpc) is 3.04. The normalized spacial score (nSPS) is 11.2. The van der Waals surface area contributed by atoms with Gasteiger partial charge in [0.05, 0.1) is 5.69 Å². The Balaban J connectivity index is 1.98. The van der Waals surface area contributed by atoms with E-state index < -0.39 is 5.60 Å². The van der Waals surface area contributed by atoms with Crippen LogP contribution in [0.15, 0.2) is 23.7 Å². The number of carbonyl (C=O) groups excluding carboxylic acids is 1. The summed E-state index contributed by atoms with van der Waals surface area (Å²) < 4.78 is 7.28. The van der Waals surface area contributed by atoms with Gasteiger partial charge >= 0.3 is 5.97 Å². The van der Waals surface area contributed by atoms with E-state index in [1.807, 2.05) is 43.0 Å². The maximum Gasteiger partial charge on any atom is 0.349 e. The zero-order chi connectivity index (χ0) is 17.0. The molecule has 2 rings (SSSR count). The number of ether oxygens (including phenoxy) is 1. The minimum absolute atomic E-state index is 0.273. The summed E-state index contributed by atoms with van der Waals surface area (Å²) in [7, 11) is 0. The Kier molecular flexibility index (Phi) is 5.12. The van der Waals surface area contributed by atoms with E-state index >= 15 is 0 Å². The highest BCUT2D eigenvalue weighted by Gasteiger charge is 2.21. The molecular weight excluding hydrogens is 310 g/mol. The molecule has 0 aliphatic carbocycles. The van der Waals surface area contributed by atoms with E-state index in [4.69, 9.17) is 15.7 Å². The number of nitrogens with two attached hydrogens (primary N) is 1. The topological polar surface area (TPSA) is 81.0 Å². The van der Waals surface area contributed by atoms with Crippen molar-refractivity contribution in [2.75, 3.05) is 5.73 Å². The number of anilines is 1. The van der Waals surface area contributed by atoms with E-state index in [9.17, 15) is 4.79 Å². The fraction of sp³-hybridized carbons (Fsp3) is 0.412. The van der Waals surface area contributed by atoms with E-state index in [1.54, 1.807) is 6.07 Å². The summed E-state index contributed by atoms with van der Waals surface area (Å²) in [5.74, 6) is -0.273. The molecule has 0 fully saturated rings. The number of esters is 1. The number of nitrogens with zero attached hydrogens (tertiary/aromatic N) is 2. The van der Waals surface area contributed by atoms with Gasteiger partial charge < -0.3 is 15.0 Å². The Hall–Kier alpha value is -2.26. The number of rotatable bonds is 5. The van der Waals surface area contributed by atoms with Crippen LogP contribution in [0.25, 0.3) is 0 Å². The lowest BCUT2D eigenvalue weighted by molar-refractivity contribution is 0.00741. The summed E-state index contributed by atoms with van der Waals surface area (Å²) in [6.45, 7) is 6.26. The van der Waals surface area contributed by atoms with Crippen LogP contribution in [0.3, 0.4) is 0 Å². The van der Waals surface area contributed by atoms with Crippen LogP contribution in [0, 0.1) is 11.3 Å². The number of nitriles is 1. The second-order valence-electron chi connectivity index (χ2n) is 6.31.